The number of carboxylic acid groups (broad SMARTS) is 1. The van der Waals surface area contributed by atoms with E-state index in [1.54, 1.807) is 0 Å². The fraction of sp³-hybridized carbons (Fsp3) is 0.900. The van der Waals surface area contributed by atoms with Crippen LogP contribution in [0.25, 0.3) is 0 Å². The van der Waals surface area contributed by atoms with Crippen molar-refractivity contribution in [1.82, 2.24) is 0 Å². The van der Waals surface area contributed by atoms with Gasteiger partial charge in [-0.1, -0.05) is 26.7 Å². The third-order valence-electron chi connectivity index (χ3n) is 2.45. The molecule has 0 bridgehead atoms. The van der Waals surface area contributed by atoms with E-state index >= 15 is 0 Å². The first-order chi connectivity index (χ1) is 5.86. The number of aliphatic carboxylic acids is 1. The summed E-state index contributed by atoms with van der Waals surface area (Å²) in [6, 6.07) is 0. The van der Waals surface area contributed by atoms with E-state index in [4.69, 9.17) is 9.90 Å². The Bertz CT molecular complexity index is 160. The van der Waals surface area contributed by atoms with Gasteiger partial charge in [0, 0.05) is 6.92 Å². The molecule has 13 heavy (non-hydrogen) atoms. The van der Waals surface area contributed by atoms with Gasteiger partial charge < -0.3 is 10.2 Å². The summed E-state index contributed by atoms with van der Waals surface area (Å²) in [5, 5.41) is 16.9. The maximum atomic E-state index is 9.44. The van der Waals surface area contributed by atoms with Crippen LogP contribution in [-0.2, 0) is 4.79 Å². The molecule has 0 saturated heterocycles. The Hall–Kier alpha value is -0.570. The molecule has 0 radical (unpaired) electrons. The summed E-state index contributed by atoms with van der Waals surface area (Å²) in [4.78, 5) is 9.00. The van der Waals surface area contributed by atoms with Crippen molar-refractivity contribution in [2.75, 3.05) is 0 Å². The fourth-order valence-electron chi connectivity index (χ4n) is 1.48. The summed E-state index contributed by atoms with van der Waals surface area (Å²) in [5.41, 5.74) is 0.193. The number of rotatable bonds is 0. The molecule has 3 heteroatoms. The molecule has 0 aliphatic heterocycles. The van der Waals surface area contributed by atoms with Crippen LogP contribution in [0.3, 0.4) is 0 Å². The largest absolute Gasteiger partial charge is 0.481 e. The second-order valence-electron chi connectivity index (χ2n) is 4.27. The zero-order chi connectivity index (χ0) is 10.5. The van der Waals surface area contributed by atoms with Gasteiger partial charge in [0.05, 0.1) is 6.10 Å². The summed E-state index contributed by atoms with van der Waals surface area (Å²) >= 11 is 0. The third kappa shape index (κ3) is 5.64. The smallest absolute Gasteiger partial charge is 0.300 e. The van der Waals surface area contributed by atoms with E-state index in [1.165, 1.54) is 19.3 Å². The monoisotopic (exact) mass is 188 g/mol. The molecule has 0 aromatic heterocycles. The van der Waals surface area contributed by atoms with Crippen LogP contribution in [0.1, 0.15) is 46.5 Å². The Morgan fingerprint density at radius 2 is 1.85 bits per heavy atom. The molecular formula is C10H20O3. The van der Waals surface area contributed by atoms with Crippen molar-refractivity contribution in [3.8, 4) is 0 Å². The van der Waals surface area contributed by atoms with Crippen molar-refractivity contribution in [2.24, 2.45) is 5.41 Å². The first kappa shape index (κ1) is 12.4. The molecule has 0 aromatic carbocycles. The molecule has 1 saturated carbocycles. The number of hydrogen-bond donors (Lipinski definition) is 2. The van der Waals surface area contributed by atoms with E-state index in [2.05, 4.69) is 13.8 Å². The fourth-order valence-corrected chi connectivity index (χ4v) is 1.48. The number of hydrogen-bond acceptors (Lipinski definition) is 2. The predicted molar refractivity (Wildman–Crippen MR) is 51.6 cm³/mol. The molecule has 1 aliphatic rings. The van der Waals surface area contributed by atoms with Gasteiger partial charge in [-0.3, -0.25) is 4.79 Å². The zero-order valence-corrected chi connectivity index (χ0v) is 8.71. The van der Waals surface area contributed by atoms with Gasteiger partial charge in [0.15, 0.2) is 0 Å². The van der Waals surface area contributed by atoms with Crippen molar-refractivity contribution >= 4 is 5.97 Å². The molecular weight excluding hydrogens is 168 g/mol. The summed E-state index contributed by atoms with van der Waals surface area (Å²) in [5.74, 6) is -0.833. The van der Waals surface area contributed by atoms with Crippen LogP contribution >= 0.6 is 0 Å². The van der Waals surface area contributed by atoms with E-state index in [9.17, 15) is 5.11 Å². The average Bonchev–Trinajstić information content (AvgIpc) is 1.94. The molecule has 2 N–H and O–H groups in total. The van der Waals surface area contributed by atoms with Crippen LogP contribution in [0.15, 0.2) is 0 Å². The number of aliphatic hydroxyl groups excluding tert-OH is 1. The minimum atomic E-state index is -0.833. The van der Waals surface area contributed by atoms with E-state index < -0.39 is 5.97 Å². The van der Waals surface area contributed by atoms with Crippen LogP contribution in [0.2, 0.25) is 0 Å². The van der Waals surface area contributed by atoms with Gasteiger partial charge in [-0.2, -0.15) is 0 Å². The summed E-state index contributed by atoms with van der Waals surface area (Å²) in [7, 11) is 0. The molecule has 1 fully saturated rings. The van der Waals surface area contributed by atoms with Gasteiger partial charge in [-0.05, 0) is 18.3 Å². The second-order valence-corrected chi connectivity index (χ2v) is 4.27. The van der Waals surface area contributed by atoms with Crippen LogP contribution < -0.4 is 0 Å². The highest BCUT2D eigenvalue weighted by Gasteiger charge is 2.29. The maximum absolute atomic E-state index is 9.44. The second kappa shape index (κ2) is 5.22. The van der Waals surface area contributed by atoms with E-state index in [0.29, 0.717) is 0 Å². The number of carbonyl (C=O) groups is 1. The van der Waals surface area contributed by atoms with Gasteiger partial charge in [0.25, 0.3) is 5.97 Å². The molecule has 1 rings (SSSR count). The molecule has 1 atom stereocenters. The van der Waals surface area contributed by atoms with E-state index in [1.807, 2.05) is 0 Å². The van der Waals surface area contributed by atoms with Gasteiger partial charge in [-0.25, -0.2) is 0 Å². The Kier molecular flexibility index (Phi) is 4.99. The van der Waals surface area contributed by atoms with E-state index in [-0.39, 0.29) is 11.5 Å². The topological polar surface area (TPSA) is 57.5 Å². The normalized spacial score (nSPS) is 25.7. The van der Waals surface area contributed by atoms with Crippen molar-refractivity contribution in [2.45, 2.75) is 52.6 Å². The van der Waals surface area contributed by atoms with Gasteiger partial charge in [0.1, 0.15) is 0 Å². The average molecular weight is 188 g/mol. The highest BCUT2D eigenvalue weighted by Crippen LogP contribution is 2.34. The molecule has 78 valence electrons. The first-order valence-corrected chi connectivity index (χ1v) is 4.74. The molecule has 0 aromatic rings. The number of aliphatic hydroxyl groups is 1. The lowest BCUT2D eigenvalue weighted by Crippen LogP contribution is -2.32. The van der Waals surface area contributed by atoms with Crippen molar-refractivity contribution in [3.63, 3.8) is 0 Å². The van der Waals surface area contributed by atoms with Crippen molar-refractivity contribution < 1.29 is 15.0 Å². The SMILES string of the molecule is CC(=O)O.CC1(C)CCCCC1O. The van der Waals surface area contributed by atoms with Crippen LogP contribution in [0, 0.1) is 5.41 Å². The first-order valence-electron chi connectivity index (χ1n) is 4.74. The molecule has 1 unspecified atom stereocenters. The Balaban J connectivity index is 0.000000310. The standard InChI is InChI=1S/C8H16O.C2H4O2/c1-8(2)6-4-3-5-7(8)9;1-2(3)4/h7,9H,3-6H2,1-2H3;1H3,(H,3,4). The highest BCUT2D eigenvalue weighted by molar-refractivity contribution is 5.62. The van der Waals surface area contributed by atoms with Crippen LogP contribution in [0.5, 0.6) is 0 Å². The van der Waals surface area contributed by atoms with Crippen molar-refractivity contribution in [3.05, 3.63) is 0 Å². The molecule has 0 heterocycles. The van der Waals surface area contributed by atoms with Crippen LogP contribution in [-0.4, -0.2) is 22.3 Å². The van der Waals surface area contributed by atoms with Gasteiger partial charge in [0.2, 0.25) is 0 Å². The Morgan fingerprint density at radius 3 is 2.08 bits per heavy atom. The maximum Gasteiger partial charge on any atom is 0.300 e. The highest BCUT2D eigenvalue weighted by atomic mass is 16.4. The minimum Gasteiger partial charge on any atom is -0.481 e. The quantitative estimate of drug-likeness (QED) is 0.611. The molecule has 0 amide bonds. The number of carboxylic acids is 1. The van der Waals surface area contributed by atoms with Crippen molar-refractivity contribution in [1.29, 1.82) is 0 Å². The third-order valence-corrected chi connectivity index (χ3v) is 2.45. The Morgan fingerprint density at radius 1 is 1.38 bits per heavy atom. The summed E-state index contributed by atoms with van der Waals surface area (Å²) in [6.45, 7) is 5.38. The molecule has 3 nitrogen and oxygen atoms in total. The van der Waals surface area contributed by atoms with Gasteiger partial charge in [-0.15, -0.1) is 0 Å². The summed E-state index contributed by atoms with van der Waals surface area (Å²) < 4.78 is 0. The van der Waals surface area contributed by atoms with Gasteiger partial charge >= 0.3 is 0 Å². The summed E-state index contributed by atoms with van der Waals surface area (Å²) in [6.07, 6.45) is 4.65. The Labute approximate surface area is 79.8 Å². The van der Waals surface area contributed by atoms with Crippen LogP contribution in [0.4, 0.5) is 0 Å². The molecule has 0 spiro atoms. The lowest BCUT2D eigenvalue weighted by molar-refractivity contribution is -0.134. The predicted octanol–water partition coefficient (Wildman–Crippen LogP) is 2.04. The lowest BCUT2D eigenvalue weighted by Gasteiger charge is -2.34. The van der Waals surface area contributed by atoms with E-state index in [0.717, 1.165) is 13.3 Å². The lowest BCUT2D eigenvalue weighted by atomic mass is 9.75. The molecule has 1 aliphatic carbocycles. The minimum absolute atomic E-state index is 0.0498. The zero-order valence-electron chi connectivity index (χ0n) is 8.71.